The number of carbonyl (C=O) groups is 1. The average Bonchev–Trinajstić information content (AvgIpc) is 3.66. The Bertz CT molecular complexity index is 1810. The first-order chi connectivity index (χ1) is 21.0. The number of amides is 1. The van der Waals surface area contributed by atoms with E-state index in [1.807, 2.05) is 35.2 Å². The van der Waals surface area contributed by atoms with E-state index in [9.17, 15) is 14.4 Å². The number of carbonyl (C=O) groups excluding carboxylic acids is 1. The number of pyridine rings is 1. The summed E-state index contributed by atoms with van der Waals surface area (Å²) in [6, 6.07) is 12.6. The van der Waals surface area contributed by atoms with Crippen molar-refractivity contribution in [1.29, 1.82) is 5.26 Å². The lowest BCUT2D eigenvalue weighted by Gasteiger charge is -2.61. The molecule has 0 saturated carbocycles. The molecule has 0 radical (unpaired) electrons. The highest BCUT2D eigenvalue weighted by Gasteiger charge is 2.55. The molecule has 0 aliphatic carbocycles. The fourth-order valence-corrected chi connectivity index (χ4v) is 7.47. The number of aryl methyl sites for hydroxylation is 2. The number of fused-ring (bicyclic) bond motifs is 1. The van der Waals surface area contributed by atoms with E-state index in [1.165, 1.54) is 23.5 Å². The van der Waals surface area contributed by atoms with Crippen LogP contribution in [0.2, 0.25) is 0 Å². The van der Waals surface area contributed by atoms with Crippen molar-refractivity contribution in [2.75, 3.05) is 49.6 Å². The Kier molecular flexibility index (Phi) is 6.69. The smallest absolute Gasteiger partial charge is 0.254 e. The summed E-state index contributed by atoms with van der Waals surface area (Å²) >= 11 is 1.31. The molecule has 12 heteroatoms. The largest absolute Gasteiger partial charge is 0.370 e. The van der Waals surface area contributed by atoms with Gasteiger partial charge < -0.3 is 24.2 Å². The molecule has 3 fully saturated rings. The number of rotatable bonds is 6. The number of hydrogen-bond acceptors (Lipinski definition) is 9. The van der Waals surface area contributed by atoms with Gasteiger partial charge in [-0.25, -0.2) is 13.9 Å². The molecule has 0 N–H and O–H groups in total. The Morgan fingerprint density at radius 1 is 1.20 bits per heavy atom. The monoisotopic (exact) mass is 615 g/mol. The van der Waals surface area contributed by atoms with Crippen molar-refractivity contribution >= 4 is 39.3 Å². The van der Waals surface area contributed by atoms with Gasteiger partial charge in [0.25, 0.3) is 5.91 Å². The second-order valence-electron chi connectivity index (χ2n) is 12.5. The molecule has 1 aromatic carbocycles. The van der Waals surface area contributed by atoms with Crippen LogP contribution >= 0.6 is 11.3 Å². The van der Waals surface area contributed by atoms with Crippen LogP contribution in [0.25, 0.3) is 16.8 Å². The van der Waals surface area contributed by atoms with Crippen LogP contribution in [0.4, 0.5) is 20.9 Å². The first-order valence-electron chi connectivity index (χ1n) is 14.8. The average molecular weight is 616 g/mol. The Morgan fingerprint density at radius 2 is 1.93 bits per heavy atom. The first kappa shape index (κ1) is 28.7. The number of thiazole rings is 1. The van der Waals surface area contributed by atoms with Gasteiger partial charge in [0, 0.05) is 55.6 Å². The van der Waals surface area contributed by atoms with Gasteiger partial charge >= 0.3 is 0 Å². The number of hydrogen-bond donors (Lipinski definition) is 0. The second-order valence-corrected chi connectivity index (χ2v) is 13.5. The van der Waals surface area contributed by atoms with Crippen LogP contribution in [0.3, 0.4) is 0 Å². The molecule has 1 spiro atoms. The molecule has 4 aromatic rings. The lowest BCUT2D eigenvalue weighted by molar-refractivity contribution is -0.169. The molecule has 1 amide bonds. The minimum Gasteiger partial charge on any atom is -0.370 e. The van der Waals surface area contributed by atoms with Gasteiger partial charge in [0.2, 0.25) is 0 Å². The predicted octanol–water partition coefficient (Wildman–Crippen LogP) is 4.91. The molecular weight excluding hydrogens is 581 g/mol. The third kappa shape index (κ3) is 4.70. The molecule has 6 heterocycles. The third-order valence-corrected chi connectivity index (χ3v) is 9.83. The quantitative estimate of drug-likeness (QED) is 0.302. The van der Waals surface area contributed by atoms with Gasteiger partial charge in [-0.1, -0.05) is 18.3 Å². The van der Waals surface area contributed by atoms with Gasteiger partial charge in [-0.2, -0.15) is 10.4 Å². The van der Waals surface area contributed by atoms with Gasteiger partial charge in [-0.05, 0) is 63.6 Å². The zero-order valence-corrected chi connectivity index (χ0v) is 26.2. The molecule has 0 bridgehead atoms. The Balaban J connectivity index is 1.13. The summed E-state index contributed by atoms with van der Waals surface area (Å²) in [5, 5.41) is 15.5. The normalized spacial score (nSPS) is 20.1. The first-order valence-corrected chi connectivity index (χ1v) is 15.6. The Hall–Kier alpha value is -4.05. The molecule has 3 aliphatic heterocycles. The van der Waals surface area contributed by atoms with Crippen molar-refractivity contribution in [1.82, 2.24) is 19.5 Å². The minimum atomic E-state index is -0.715. The van der Waals surface area contributed by atoms with Gasteiger partial charge in [0.15, 0.2) is 17.0 Å². The molecule has 7 rings (SSSR count). The van der Waals surface area contributed by atoms with Gasteiger partial charge in [0.05, 0.1) is 23.5 Å². The number of aromatic nitrogens is 3. The van der Waals surface area contributed by atoms with Crippen LogP contribution in [-0.2, 0) is 20.7 Å². The Labute approximate surface area is 259 Å². The van der Waals surface area contributed by atoms with Crippen LogP contribution in [0.5, 0.6) is 0 Å². The fraction of sp³-hybridized carbons (Fsp3) is 0.438. The van der Waals surface area contributed by atoms with Gasteiger partial charge in [0.1, 0.15) is 22.5 Å². The van der Waals surface area contributed by atoms with E-state index in [0.29, 0.717) is 27.9 Å². The molecule has 3 aliphatic rings. The van der Waals surface area contributed by atoms with E-state index < -0.39 is 11.9 Å². The van der Waals surface area contributed by atoms with Crippen molar-refractivity contribution in [3.63, 3.8) is 0 Å². The number of halogens is 1. The van der Waals surface area contributed by atoms with Crippen molar-refractivity contribution in [3.05, 3.63) is 58.5 Å². The standard InChI is InChI=1S/C32H34FN7O3S/c1-6-23-28(37(5)30-35-27(26(13-34)44-30)20-7-9-21(33)10-8-20)24-12-22(11-19(2)40(24)36-23)38-15-32(16-38)17-39(18-32)29(41)25-14-42-31(3,4)43-25/h7-12,25H,6,14-18H2,1-5H3. The number of benzene rings is 1. The highest BCUT2D eigenvalue weighted by atomic mass is 32.1. The number of ether oxygens (including phenoxy) is 2. The zero-order chi connectivity index (χ0) is 31.0. The van der Waals surface area contributed by atoms with Crippen LogP contribution in [-0.4, -0.2) is 77.1 Å². The van der Waals surface area contributed by atoms with Crippen LogP contribution < -0.4 is 9.80 Å². The predicted molar refractivity (Wildman–Crippen MR) is 166 cm³/mol. The van der Waals surface area contributed by atoms with E-state index in [4.69, 9.17) is 19.6 Å². The SMILES string of the molecule is CCc1nn2c(C)cc(N3CC4(CN(C(=O)C5COC(C)(C)O5)C4)C3)cc2c1N(C)c1nc(-c2ccc(F)cc2)c(C#N)s1. The number of likely N-dealkylation sites (tertiary alicyclic amines) is 1. The van der Waals surface area contributed by atoms with E-state index >= 15 is 0 Å². The van der Waals surface area contributed by atoms with Crippen molar-refractivity contribution < 1.29 is 18.7 Å². The summed E-state index contributed by atoms with van der Waals surface area (Å²) in [4.78, 5) is 24.5. The van der Waals surface area contributed by atoms with Crippen molar-refractivity contribution in [2.24, 2.45) is 5.41 Å². The van der Waals surface area contributed by atoms with Gasteiger partial charge in [-0.3, -0.25) is 4.79 Å². The molecule has 3 saturated heterocycles. The molecule has 1 unspecified atom stereocenters. The molecule has 228 valence electrons. The van der Waals surface area contributed by atoms with Crippen LogP contribution in [0.15, 0.2) is 36.4 Å². The summed E-state index contributed by atoms with van der Waals surface area (Å²) in [7, 11) is 1.95. The highest BCUT2D eigenvalue weighted by Crippen LogP contribution is 2.44. The van der Waals surface area contributed by atoms with Crippen molar-refractivity contribution in [3.8, 4) is 17.3 Å². The maximum Gasteiger partial charge on any atom is 0.254 e. The van der Waals surface area contributed by atoms with Crippen LogP contribution in [0.1, 0.15) is 37.0 Å². The number of anilines is 3. The second kappa shape index (κ2) is 10.3. The van der Waals surface area contributed by atoms with E-state index in [-0.39, 0.29) is 17.1 Å². The maximum absolute atomic E-state index is 13.6. The van der Waals surface area contributed by atoms with Crippen molar-refractivity contribution in [2.45, 2.75) is 46.0 Å². The zero-order valence-electron chi connectivity index (χ0n) is 25.4. The highest BCUT2D eigenvalue weighted by molar-refractivity contribution is 7.16. The lowest BCUT2D eigenvalue weighted by atomic mass is 9.72. The molecule has 1 atom stereocenters. The summed E-state index contributed by atoms with van der Waals surface area (Å²) in [6.45, 7) is 11.3. The summed E-state index contributed by atoms with van der Waals surface area (Å²) in [5.41, 5.74) is 6.30. The number of nitrogens with zero attached hydrogens (tertiary/aromatic N) is 7. The summed E-state index contributed by atoms with van der Waals surface area (Å²) in [5.74, 6) is -1.03. The van der Waals surface area contributed by atoms with Crippen LogP contribution in [0, 0.1) is 29.5 Å². The summed E-state index contributed by atoms with van der Waals surface area (Å²) in [6.07, 6.45) is 0.198. The third-order valence-electron chi connectivity index (χ3n) is 8.80. The lowest BCUT2D eigenvalue weighted by Crippen LogP contribution is -2.74. The number of nitriles is 1. The molecule has 3 aromatic heterocycles. The molecule has 10 nitrogen and oxygen atoms in total. The molecular formula is C32H34FN7O3S. The van der Waals surface area contributed by atoms with E-state index in [2.05, 4.69) is 36.9 Å². The topological polar surface area (TPSA) is 99.2 Å². The van der Waals surface area contributed by atoms with Gasteiger partial charge in [-0.15, -0.1) is 0 Å². The Morgan fingerprint density at radius 3 is 2.57 bits per heavy atom. The molecule has 44 heavy (non-hydrogen) atoms. The van der Waals surface area contributed by atoms with E-state index in [1.54, 1.807) is 12.1 Å². The van der Waals surface area contributed by atoms with E-state index in [0.717, 1.165) is 60.9 Å². The fourth-order valence-electron chi connectivity index (χ4n) is 6.62. The minimum absolute atomic E-state index is 0.0141. The maximum atomic E-state index is 13.6. The summed E-state index contributed by atoms with van der Waals surface area (Å²) < 4.78 is 26.9.